The molecule has 0 saturated carbocycles. The minimum absolute atomic E-state index is 0.179. The van der Waals surface area contributed by atoms with E-state index in [0.29, 0.717) is 42.1 Å². The zero-order chi connectivity index (χ0) is 24.2. The van der Waals surface area contributed by atoms with Crippen LogP contribution in [0.4, 0.5) is 11.5 Å². The predicted octanol–water partition coefficient (Wildman–Crippen LogP) is 3.64. The Morgan fingerprint density at radius 1 is 1.29 bits per heavy atom. The molecular weight excluding hydrogens is 432 g/mol. The Bertz CT molecular complexity index is 1180. The Balaban J connectivity index is 1.56. The molecule has 180 valence electrons. The number of nitrogens with zero attached hydrogens (tertiary/aromatic N) is 4. The monoisotopic (exact) mass is 464 g/mol. The lowest BCUT2D eigenvalue weighted by molar-refractivity contribution is -0.143. The van der Waals surface area contributed by atoms with Gasteiger partial charge in [-0.05, 0) is 43.2 Å². The second-order valence-electron chi connectivity index (χ2n) is 9.21. The van der Waals surface area contributed by atoms with Crippen molar-refractivity contribution < 1.29 is 14.3 Å². The maximum Gasteiger partial charge on any atom is 0.314 e. The molecule has 0 radical (unpaired) electrons. The van der Waals surface area contributed by atoms with E-state index in [2.05, 4.69) is 15.4 Å². The number of aryl methyl sites for hydroxylation is 1. The van der Waals surface area contributed by atoms with Gasteiger partial charge in [0.1, 0.15) is 17.6 Å². The van der Waals surface area contributed by atoms with Gasteiger partial charge in [-0.25, -0.2) is 9.67 Å². The zero-order valence-electron chi connectivity index (χ0n) is 20.0. The number of rotatable bonds is 6. The number of anilines is 2. The number of fused-ring (bicyclic) bond motifs is 1. The third-order valence-corrected chi connectivity index (χ3v) is 5.98. The van der Waals surface area contributed by atoms with Crippen LogP contribution in [0.1, 0.15) is 50.5 Å². The molecule has 1 fully saturated rings. The number of hydrogen-bond acceptors (Lipinski definition) is 6. The topological polar surface area (TPSA) is 115 Å². The number of carbonyl (C=O) groups excluding carboxylic acids is 2. The van der Waals surface area contributed by atoms with Gasteiger partial charge < -0.3 is 20.7 Å². The van der Waals surface area contributed by atoms with E-state index in [0.717, 1.165) is 30.4 Å². The van der Waals surface area contributed by atoms with Crippen molar-refractivity contribution in [1.29, 1.82) is 0 Å². The van der Waals surface area contributed by atoms with Crippen LogP contribution in [0.5, 0.6) is 0 Å². The minimum Gasteiger partial charge on any atom is -0.383 e. The summed E-state index contributed by atoms with van der Waals surface area (Å²) in [7, 11) is 0. The highest BCUT2D eigenvalue weighted by molar-refractivity contribution is 6.40. The predicted molar refractivity (Wildman–Crippen MR) is 131 cm³/mol. The fourth-order valence-electron chi connectivity index (χ4n) is 4.19. The quantitative estimate of drug-likeness (QED) is 0.538. The third-order valence-electron chi connectivity index (χ3n) is 5.98. The van der Waals surface area contributed by atoms with Crippen LogP contribution in [0.25, 0.3) is 10.9 Å². The lowest BCUT2D eigenvalue weighted by Crippen LogP contribution is -2.41. The maximum atomic E-state index is 13.2. The van der Waals surface area contributed by atoms with E-state index < -0.39 is 11.8 Å². The van der Waals surface area contributed by atoms with Crippen molar-refractivity contribution in [3.8, 4) is 0 Å². The molecule has 3 N–H and O–H groups in total. The summed E-state index contributed by atoms with van der Waals surface area (Å²) in [5.41, 5.74) is 8.98. The first-order valence-corrected chi connectivity index (χ1v) is 11.7. The number of nitrogen functional groups attached to an aromatic ring is 1. The number of ether oxygens (including phenoxy) is 1. The van der Waals surface area contributed by atoms with Crippen molar-refractivity contribution in [2.75, 3.05) is 24.2 Å². The molecule has 1 aliphatic rings. The van der Waals surface area contributed by atoms with Gasteiger partial charge in [0.25, 0.3) is 0 Å². The van der Waals surface area contributed by atoms with Gasteiger partial charge in [0.05, 0.1) is 17.3 Å². The summed E-state index contributed by atoms with van der Waals surface area (Å²) in [6.45, 7) is 7.53. The largest absolute Gasteiger partial charge is 0.383 e. The summed E-state index contributed by atoms with van der Waals surface area (Å²) in [4.78, 5) is 32.0. The van der Waals surface area contributed by atoms with Crippen LogP contribution in [0, 0.1) is 12.8 Å². The Hall–Kier alpha value is -3.46. The molecule has 0 aliphatic carbocycles. The molecule has 2 amide bonds. The highest BCUT2D eigenvalue weighted by Crippen LogP contribution is 2.29. The first-order valence-electron chi connectivity index (χ1n) is 11.7. The number of carbonyl (C=O) groups is 2. The van der Waals surface area contributed by atoms with Crippen molar-refractivity contribution >= 4 is 34.2 Å². The Morgan fingerprint density at radius 2 is 2.09 bits per heavy atom. The first-order chi connectivity index (χ1) is 16.3. The second-order valence-corrected chi connectivity index (χ2v) is 9.21. The second kappa shape index (κ2) is 10.2. The Kier molecular flexibility index (Phi) is 7.12. The van der Waals surface area contributed by atoms with E-state index in [1.807, 2.05) is 45.0 Å². The number of nitrogens with two attached hydrogens (primary N) is 1. The number of nitrogens with one attached hydrogen (secondary N) is 1. The molecule has 9 heteroatoms. The smallest absolute Gasteiger partial charge is 0.314 e. The third kappa shape index (κ3) is 5.20. The van der Waals surface area contributed by atoms with E-state index in [-0.39, 0.29) is 12.1 Å². The molecule has 1 aromatic carbocycles. The SMILES string of the molecule is Cc1ccccc1CN(CC(C)C)C(=O)C(=O)Nc1cnc(N)c2cn(C3CCCCO3)nc12. The molecule has 1 atom stereocenters. The van der Waals surface area contributed by atoms with Gasteiger partial charge >= 0.3 is 11.8 Å². The van der Waals surface area contributed by atoms with Crippen molar-refractivity contribution in [2.45, 2.75) is 52.8 Å². The molecule has 9 nitrogen and oxygen atoms in total. The molecule has 3 heterocycles. The van der Waals surface area contributed by atoms with Crippen LogP contribution in [-0.4, -0.2) is 44.6 Å². The van der Waals surface area contributed by atoms with Crippen LogP contribution in [0.2, 0.25) is 0 Å². The number of aromatic nitrogens is 3. The molecule has 34 heavy (non-hydrogen) atoms. The zero-order valence-corrected chi connectivity index (χ0v) is 20.0. The molecule has 1 saturated heterocycles. The number of benzene rings is 1. The molecule has 0 spiro atoms. The number of hydrogen-bond donors (Lipinski definition) is 2. The van der Waals surface area contributed by atoms with Crippen LogP contribution < -0.4 is 11.1 Å². The van der Waals surface area contributed by atoms with Crippen molar-refractivity contribution in [2.24, 2.45) is 5.92 Å². The maximum absolute atomic E-state index is 13.2. The molecule has 3 aromatic rings. The highest BCUT2D eigenvalue weighted by Gasteiger charge is 2.25. The standard InChI is InChI=1S/C25H32N6O3/c1-16(2)13-30(14-18-9-5-4-8-17(18)3)25(33)24(32)28-20-12-27-23(26)19-15-31(29-22(19)20)21-10-6-7-11-34-21/h4-5,8-9,12,15-16,21H,6-7,10-11,13-14H2,1-3H3,(H2,26,27)(H,28,32). The molecule has 4 rings (SSSR count). The van der Waals surface area contributed by atoms with Crippen LogP contribution in [0.15, 0.2) is 36.7 Å². The van der Waals surface area contributed by atoms with E-state index >= 15 is 0 Å². The Morgan fingerprint density at radius 3 is 2.79 bits per heavy atom. The molecule has 2 aromatic heterocycles. The average Bonchev–Trinajstić information content (AvgIpc) is 3.28. The van der Waals surface area contributed by atoms with Crippen LogP contribution >= 0.6 is 0 Å². The highest BCUT2D eigenvalue weighted by atomic mass is 16.5. The van der Waals surface area contributed by atoms with Gasteiger partial charge in [0.2, 0.25) is 0 Å². The summed E-state index contributed by atoms with van der Waals surface area (Å²) in [6, 6.07) is 7.86. The van der Waals surface area contributed by atoms with Gasteiger partial charge in [0, 0.05) is 25.9 Å². The van der Waals surface area contributed by atoms with Gasteiger partial charge in [-0.3, -0.25) is 9.59 Å². The Labute approximate surface area is 199 Å². The van der Waals surface area contributed by atoms with Crippen LogP contribution in [-0.2, 0) is 20.9 Å². The van der Waals surface area contributed by atoms with Gasteiger partial charge in [-0.2, -0.15) is 5.10 Å². The summed E-state index contributed by atoms with van der Waals surface area (Å²) < 4.78 is 7.54. The fraction of sp³-hybridized carbons (Fsp3) is 0.440. The molecular formula is C25H32N6O3. The van der Waals surface area contributed by atoms with Gasteiger partial charge in [0.15, 0.2) is 0 Å². The van der Waals surface area contributed by atoms with Gasteiger partial charge in [-0.1, -0.05) is 38.1 Å². The fourth-order valence-corrected chi connectivity index (χ4v) is 4.19. The molecule has 1 unspecified atom stereocenters. The van der Waals surface area contributed by atoms with Crippen LogP contribution in [0.3, 0.4) is 0 Å². The number of pyridine rings is 1. The van der Waals surface area contributed by atoms with E-state index in [1.54, 1.807) is 15.8 Å². The lowest BCUT2D eigenvalue weighted by Gasteiger charge is -2.25. The summed E-state index contributed by atoms with van der Waals surface area (Å²) in [5, 5.41) is 7.94. The first kappa shape index (κ1) is 23.7. The number of amides is 2. The normalized spacial score (nSPS) is 16.1. The summed E-state index contributed by atoms with van der Waals surface area (Å²) in [5.74, 6) is -0.818. The van der Waals surface area contributed by atoms with Gasteiger partial charge in [-0.15, -0.1) is 0 Å². The molecule has 0 bridgehead atoms. The van der Waals surface area contributed by atoms with Crippen molar-refractivity contribution in [3.05, 3.63) is 47.8 Å². The van der Waals surface area contributed by atoms with E-state index in [4.69, 9.17) is 10.5 Å². The lowest BCUT2D eigenvalue weighted by atomic mass is 10.1. The minimum atomic E-state index is -0.731. The molecule has 1 aliphatic heterocycles. The van der Waals surface area contributed by atoms with E-state index in [9.17, 15) is 9.59 Å². The van der Waals surface area contributed by atoms with Crippen molar-refractivity contribution in [1.82, 2.24) is 19.7 Å². The average molecular weight is 465 g/mol. The van der Waals surface area contributed by atoms with E-state index in [1.165, 1.54) is 6.20 Å². The summed E-state index contributed by atoms with van der Waals surface area (Å²) >= 11 is 0. The van der Waals surface area contributed by atoms with Crippen molar-refractivity contribution in [3.63, 3.8) is 0 Å². The summed E-state index contributed by atoms with van der Waals surface area (Å²) in [6.07, 6.45) is 5.98.